The molecule has 2 rings (SSSR count). The highest BCUT2D eigenvalue weighted by atomic mass is 32.1. The van der Waals surface area contributed by atoms with E-state index in [-0.39, 0.29) is 23.4 Å². The van der Waals surface area contributed by atoms with Gasteiger partial charge in [0, 0.05) is 25.1 Å². The molecule has 0 bridgehead atoms. The van der Waals surface area contributed by atoms with Crippen LogP contribution < -0.4 is 4.74 Å². The summed E-state index contributed by atoms with van der Waals surface area (Å²) in [7, 11) is 1.43. The normalized spacial score (nSPS) is 19.4. The summed E-state index contributed by atoms with van der Waals surface area (Å²) in [5.41, 5.74) is 0.488. The molecule has 1 aromatic carbocycles. The average Bonchev–Trinajstić information content (AvgIpc) is 2.73. The van der Waals surface area contributed by atoms with E-state index >= 15 is 0 Å². The molecule has 0 N–H and O–H groups in total. The molecule has 1 aromatic rings. The molecule has 5 heteroatoms. The lowest BCUT2D eigenvalue weighted by Gasteiger charge is -2.17. The molecule has 1 aliphatic rings. The quantitative estimate of drug-likeness (QED) is 0.848. The maximum Gasteiger partial charge on any atom is 0.223 e. The molecule has 1 unspecified atom stereocenters. The second-order valence-electron chi connectivity index (χ2n) is 4.46. The lowest BCUT2D eigenvalue weighted by molar-refractivity contribution is -0.128. The van der Waals surface area contributed by atoms with E-state index in [1.807, 2.05) is 0 Å². The number of rotatable bonds is 4. The van der Waals surface area contributed by atoms with Crippen LogP contribution >= 0.6 is 12.6 Å². The Bertz CT molecular complexity index is 453. The molecule has 0 aliphatic carbocycles. The monoisotopic (exact) mass is 269 g/mol. The Labute approximate surface area is 111 Å². The van der Waals surface area contributed by atoms with E-state index in [1.165, 1.54) is 7.11 Å². The number of benzene rings is 1. The van der Waals surface area contributed by atoms with Crippen molar-refractivity contribution < 1.29 is 13.9 Å². The number of thiol groups is 1. The van der Waals surface area contributed by atoms with Gasteiger partial charge in [-0.25, -0.2) is 4.39 Å². The highest BCUT2D eigenvalue weighted by Crippen LogP contribution is 2.25. The van der Waals surface area contributed by atoms with Crippen molar-refractivity contribution in [2.24, 2.45) is 5.92 Å². The van der Waals surface area contributed by atoms with E-state index in [0.717, 1.165) is 0 Å². The van der Waals surface area contributed by atoms with Crippen LogP contribution in [0, 0.1) is 11.7 Å². The zero-order chi connectivity index (χ0) is 13.1. The number of methoxy groups -OCH3 is 1. The topological polar surface area (TPSA) is 29.5 Å². The van der Waals surface area contributed by atoms with E-state index in [9.17, 15) is 9.18 Å². The number of hydrogen-bond acceptors (Lipinski definition) is 3. The summed E-state index contributed by atoms with van der Waals surface area (Å²) in [5, 5.41) is 0. The Hall–Kier alpha value is -1.23. The predicted octanol–water partition coefficient (Wildman–Crippen LogP) is 2.11. The fourth-order valence-electron chi connectivity index (χ4n) is 2.17. The number of halogens is 1. The maximum absolute atomic E-state index is 14.0. The fourth-order valence-corrected chi connectivity index (χ4v) is 2.42. The Morgan fingerprint density at radius 2 is 2.33 bits per heavy atom. The van der Waals surface area contributed by atoms with Gasteiger partial charge >= 0.3 is 0 Å². The molecule has 0 saturated carbocycles. The van der Waals surface area contributed by atoms with Gasteiger partial charge in [-0.3, -0.25) is 4.79 Å². The molecule has 0 spiro atoms. The van der Waals surface area contributed by atoms with Crippen LogP contribution in [-0.2, 0) is 11.3 Å². The summed E-state index contributed by atoms with van der Waals surface area (Å²) in [5.74, 6) is 0.848. The summed E-state index contributed by atoms with van der Waals surface area (Å²) in [6, 6.07) is 4.98. The van der Waals surface area contributed by atoms with Crippen LogP contribution in [0.1, 0.15) is 12.0 Å². The summed E-state index contributed by atoms with van der Waals surface area (Å²) in [6.45, 7) is 0.950. The molecule has 18 heavy (non-hydrogen) atoms. The summed E-state index contributed by atoms with van der Waals surface area (Å²) in [4.78, 5) is 13.4. The minimum absolute atomic E-state index is 0.0660. The first-order chi connectivity index (χ1) is 8.65. The van der Waals surface area contributed by atoms with Gasteiger partial charge in [0.05, 0.1) is 7.11 Å². The van der Waals surface area contributed by atoms with Crippen molar-refractivity contribution in [1.29, 1.82) is 0 Å². The number of nitrogens with zero attached hydrogens (tertiary/aromatic N) is 1. The van der Waals surface area contributed by atoms with Crippen molar-refractivity contribution >= 4 is 18.5 Å². The molecule has 1 amide bonds. The van der Waals surface area contributed by atoms with Gasteiger partial charge in [-0.1, -0.05) is 12.1 Å². The largest absolute Gasteiger partial charge is 0.494 e. The zero-order valence-corrected chi connectivity index (χ0v) is 11.1. The van der Waals surface area contributed by atoms with E-state index < -0.39 is 0 Å². The zero-order valence-electron chi connectivity index (χ0n) is 10.2. The first-order valence-electron chi connectivity index (χ1n) is 5.85. The smallest absolute Gasteiger partial charge is 0.223 e. The van der Waals surface area contributed by atoms with Crippen LogP contribution in [-0.4, -0.2) is 30.2 Å². The SMILES string of the molecule is COc1cccc(CN2CC(CS)CC2=O)c1F. The van der Waals surface area contributed by atoms with Crippen molar-refractivity contribution in [2.45, 2.75) is 13.0 Å². The number of carbonyl (C=O) groups is 1. The van der Waals surface area contributed by atoms with Crippen LogP contribution in [0.4, 0.5) is 4.39 Å². The summed E-state index contributed by atoms with van der Waals surface area (Å²) in [6.07, 6.45) is 0.509. The van der Waals surface area contributed by atoms with Crippen LogP contribution in [0.5, 0.6) is 5.75 Å². The second-order valence-corrected chi connectivity index (χ2v) is 4.83. The Balaban J connectivity index is 2.12. The molecule has 1 atom stereocenters. The van der Waals surface area contributed by atoms with Crippen molar-refractivity contribution in [3.05, 3.63) is 29.6 Å². The fraction of sp³-hybridized carbons (Fsp3) is 0.462. The minimum atomic E-state index is -0.387. The lowest BCUT2D eigenvalue weighted by Crippen LogP contribution is -2.25. The third-order valence-electron chi connectivity index (χ3n) is 3.18. The van der Waals surface area contributed by atoms with E-state index in [0.29, 0.717) is 30.8 Å². The maximum atomic E-state index is 14.0. The van der Waals surface area contributed by atoms with Gasteiger partial charge in [0.15, 0.2) is 11.6 Å². The Kier molecular flexibility index (Phi) is 4.11. The van der Waals surface area contributed by atoms with Gasteiger partial charge in [-0.15, -0.1) is 0 Å². The van der Waals surface area contributed by atoms with E-state index in [2.05, 4.69) is 12.6 Å². The van der Waals surface area contributed by atoms with Crippen LogP contribution in [0.15, 0.2) is 18.2 Å². The molecule has 0 radical (unpaired) electrons. The Morgan fingerprint density at radius 3 is 2.94 bits per heavy atom. The van der Waals surface area contributed by atoms with Gasteiger partial charge in [0.25, 0.3) is 0 Å². The molecular weight excluding hydrogens is 253 g/mol. The van der Waals surface area contributed by atoms with E-state index in [4.69, 9.17) is 4.74 Å². The molecule has 98 valence electrons. The lowest BCUT2D eigenvalue weighted by atomic mass is 10.1. The Morgan fingerprint density at radius 1 is 1.56 bits per heavy atom. The molecule has 1 heterocycles. The third kappa shape index (κ3) is 2.61. The standard InChI is InChI=1S/C13H16FNO2S/c1-17-11-4-2-3-10(13(11)14)7-15-6-9(8-18)5-12(15)16/h2-4,9,18H,5-8H2,1H3. The number of carbonyl (C=O) groups excluding carboxylic acids is 1. The van der Waals surface area contributed by atoms with Gasteiger partial charge in [-0.2, -0.15) is 12.6 Å². The molecule has 0 aromatic heterocycles. The highest BCUT2D eigenvalue weighted by molar-refractivity contribution is 7.80. The van der Waals surface area contributed by atoms with Gasteiger partial charge in [-0.05, 0) is 17.7 Å². The first kappa shape index (κ1) is 13.2. The first-order valence-corrected chi connectivity index (χ1v) is 6.49. The van der Waals surface area contributed by atoms with Crippen LogP contribution in [0.25, 0.3) is 0 Å². The van der Waals surface area contributed by atoms with Crippen molar-refractivity contribution in [3.8, 4) is 5.75 Å². The molecule has 3 nitrogen and oxygen atoms in total. The van der Waals surface area contributed by atoms with Gasteiger partial charge in [0.1, 0.15) is 0 Å². The average molecular weight is 269 g/mol. The molecule has 1 aliphatic heterocycles. The number of hydrogen-bond donors (Lipinski definition) is 1. The number of likely N-dealkylation sites (tertiary alicyclic amines) is 1. The molecular formula is C13H16FNO2S. The third-order valence-corrected chi connectivity index (χ3v) is 3.69. The van der Waals surface area contributed by atoms with Crippen molar-refractivity contribution in [1.82, 2.24) is 4.90 Å². The van der Waals surface area contributed by atoms with E-state index in [1.54, 1.807) is 23.1 Å². The molecule has 1 fully saturated rings. The van der Waals surface area contributed by atoms with Gasteiger partial charge < -0.3 is 9.64 Å². The van der Waals surface area contributed by atoms with Crippen LogP contribution in [0.3, 0.4) is 0 Å². The summed E-state index contributed by atoms with van der Waals surface area (Å²) >= 11 is 4.20. The number of amides is 1. The van der Waals surface area contributed by atoms with Crippen molar-refractivity contribution in [3.63, 3.8) is 0 Å². The van der Waals surface area contributed by atoms with Crippen molar-refractivity contribution in [2.75, 3.05) is 19.4 Å². The predicted molar refractivity (Wildman–Crippen MR) is 70.3 cm³/mol. The minimum Gasteiger partial charge on any atom is -0.494 e. The van der Waals surface area contributed by atoms with Crippen LogP contribution in [0.2, 0.25) is 0 Å². The number of ether oxygens (including phenoxy) is 1. The summed E-state index contributed by atoms with van der Waals surface area (Å²) < 4.78 is 18.9. The highest BCUT2D eigenvalue weighted by Gasteiger charge is 2.29. The second kappa shape index (κ2) is 5.61. The molecule has 1 saturated heterocycles. The van der Waals surface area contributed by atoms with Gasteiger partial charge in [0.2, 0.25) is 5.91 Å².